The Morgan fingerprint density at radius 2 is 1.82 bits per heavy atom. The number of urea groups is 1. The summed E-state index contributed by atoms with van der Waals surface area (Å²) in [5, 5.41) is 3.94. The summed E-state index contributed by atoms with van der Waals surface area (Å²) in [6.45, 7) is 1.37. The first-order chi connectivity index (χ1) is 13.6. The number of nitrogens with one attached hydrogen (secondary N) is 1. The summed E-state index contributed by atoms with van der Waals surface area (Å²) in [4.78, 5) is 33.9. The molecule has 6 nitrogen and oxygen atoms in total. The number of imide groups is 1. The maximum atomic E-state index is 13.1. The Hall–Kier alpha value is -2.20. The quantitative estimate of drug-likeness (QED) is 0.424. The van der Waals surface area contributed by atoms with Crippen LogP contribution in [0.25, 0.3) is 10.2 Å². The van der Waals surface area contributed by atoms with Crippen LogP contribution in [0.3, 0.4) is 0 Å². The van der Waals surface area contributed by atoms with Gasteiger partial charge in [0, 0.05) is 16.7 Å². The number of carbonyl (C=O) groups is 2. The van der Waals surface area contributed by atoms with Crippen molar-refractivity contribution in [3.05, 3.63) is 52.1 Å². The number of benzene rings is 2. The molecular formula is C20H17IN4O2S. The van der Waals surface area contributed by atoms with Gasteiger partial charge in [0.2, 0.25) is 0 Å². The van der Waals surface area contributed by atoms with Crippen molar-refractivity contribution < 1.29 is 9.59 Å². The Balaban J connectivity index is 1.36. The molecule has 3 aromatic rings. The number of fused-ring (bicyclic) bond motifs is 1. The number of piperidine rings is 1. The molecule has 2 saturated heterocycles. The van der Waals surface area contributed by atoms with Gasteiger partial charge in [-0.2, -0.15) is 0 Å². The molecule has 0 aliphatic carbocycles. The van der Waals surface area contributed by atoms with Crippen molar-refractivity contribution in [3.63, 3.8) is 0 Å². The van der Waals surface area contributed by atoms with Crippen molar-refractivity contribution in [3.8, 4) is 0 Å². The number of hydrogen-bond donors (Lipinski definition) is 1. The maximum Gasteiger partial charge on any atom is 0.329 e. The number of rotatable bonds is 2. The second-order valence-electron chi connectivity index (χ2n) is 7.08. The van der Waals surface area contributed by atoms with E-state index in [1.165, 1.54) is 13.2 Å². The zero-order valence-corrected chi connectivity index (χ0v) is 17.9. The lowest BCUT2D eigenvalue weighted by molar-refractivity contribution is -0.122. The van der Waals surface area contributed by atoms with Crippen LogP contribution in [0, 0.1) is 3.57 Å². The molecule has 8 heteroatoms. The lowest BCUT2D eigenvalue weighted by Crippen LogP contribution is -2.55. The molecule has 5 rings (SSSR count). The molecule has 1 N–H and O–H groups in total. The first-order valence-electron chi connectivity index (χ1n) is 9.09. The first-order valence-corrected chi connectivity index (χ1v) is 11.0. The van der Waals surface area contributed by atoms with Crippen LogP contribution in [-0.2, 0) is 4.79 Å². The number of hydrogen-bond acceptors (Lipinski definition) is 5. The van der Waals surface area contributed by atoms with E-state index in [-0.39, 0.29) is 11.9 Å². The Kier molecular flexibility index (Phi) is 4.27. The van der Waals surface area contributed by atoms with Gasteiger partial charge in [0.25, 0.3) is 5.91 Å². The molecular weight excluding hydrogens is 487 g/mol. The molecule has 2 aliphatic rings. The van der Waals surface area contributed by atoms with E-state index in [1.54, 1.807) is 23.5 Å². The van der Waals surface area contributed by atoms with E-state index in [1.807, 2.05) is 24.3 Å². The highest BCUT2D eigenvalue weighted by atomic mass is 127. The van der Waals surface area contributed by atoms with E-state index >= 15 is 0 Å². The summed E-state index contributed by atoms with van der Waals surface area (Å²) in [5.41, 5.74) is 0.807. The third-order valence-electron chi connectivity index (χ3n) is 5.40. The predicted octanol–water partition coefficient (Wildman–Crippen LogP) is 4.00. The average Bonchev–Trinajstić information content (AvgIpc) is 3.22. The molecule has 2 aromatic carbocycles. The average molecular weight is 504 g/mol. The zero-order valence-electron chi connectivity index (χ0n) is 14.9. The van der Waals surface area contributed by atoms with E-state index in [0.717, 1.165) is 10.6 Å². The third-order valence-corrected chi connectivity index (χ3v) is 7.15. The topological polar surface area (TPSA) is 65.5 Å². The molecule has 0 atom stereocenters. The van der Waals surface area contributed by atoms with Crippen LogP contribution in [-0.4, -0.2) is 35.6 Å². The second-order valence-corrected chi connectivity index (χ2v) is 9.34. The molecule has 3 amide bonds. The number of para-hydroxylation sites is 1. The molecule has 2 aliphatic heterocycles. The minimum absolute atomic E-state index is 0.151. The molecule has 28 heavy (non-hydrogen) atoms. The second kappa shape index (κ2) is 6.70. The molecule has 1 aromatic heterocycles. The van der Waals surface area contributed by atoms with Gasteiger partial charge in [0.15, 0.2) is 5.13 Å². The fraction of sp³-hybridized carbons (Fsp3) is 0.250. The lowest BCUT2D eigenvalue weighted by atomic mass is 9.87. The summed E-state index contributed by atoms with van der Waals surface area (Å²) in [6.07, 6.45) is 1.16. The Morgan fingerprint density at radius 3 is 2.57 bits per heavy atom. The highest BCUT2D eigenvalue weighted by Crippen LogP contribution is 2.36. The van der Waals surface area contributed by atoms with Gasteiger partial charge >= 0.3 is 6.03 Å². The SMILES string of the molecule is O=C1NC2(CCN(c3nc4ccc(I)cc4s3)CC2)C(=O)N1c1ccccc1. The fourth-order valence-corrected chi connectivity index (χ4v) is 5.63. The van der Waals surface area contributed by atoms with Crippen molar-refractivity contribution >= 4 is 66.9 Å². The molecule has 0 bridgehead atoms. The highest BCUT2D eigenvalue weighted by molar-refractivity contribution is 14.1. The van der Waals surface area contributed by atoms with E-state index in [0.29, 0.717) is 31.6 Å². The Morgan fingerprint density at radius 1 is 1.07 bits per heavy atom. The number of halogens is 1. The van der Waals surface area contributed by atoms with Crippen LogP contribution in [0.4, 0.5) is 15.6 Å². The van der Waals surface area contributed by atoms with Crippen LogP contribution >= 0.6 is 33.9 Å². The van der Waals surface area contributed by atoms with Gasteiger partial charge in [-0.1, -0.05) is 29.5 Å². The fourth-order valence-electron chi connectivity index (χ4n) is 3.87. The molecule has 0 radical (unpaired) electrons. The van der Waals surface area contributed by atoms with Crippen molar-refractivity contribution in [2.75, 3.05) is 22.9 Å². The third kappa shape index (κ3) is 2.86. The smallest absolute Gasteiger partial charge is 0.329 e. The van der Waals surface area contributed by atoms with Gasteiger partial charge in [-0.15, -0.1) is 0 Å². The van der Waals surface area contributed by atoms with Gasteiger partial charge < -0.3 is 10.2 Å². The van der Waals surface area contributed by atoms with Gasteiger partial charge in [0.05, 0.1) is 15.9 Å². The van der Waals surface area contributed by atoms with Crippen molar-refractivity contribution in [1.29, 1.82) is 0 Å². The van der Waals surface area contributed by atoms with E-state index in [2.05, 4.69) is 44.9 Å². The van der Waals surface area contributed by atoms with E-state index in [9.17, 15) is 9.59 Å². The largest absolute Gasteiger partial charge is 0.348 e. The minimum Gasteiger partial charge on any atom is -0.348 e. The molecule has 1 spiro atoms. The van der Waals surface area contributed by atoms with Crippen molar-refractivity contribution in [2.45, 2.75) is 18.4 Å². The van der Waals surface area contributed by atoms with Crippen LogP contribution in [0.1, 0.15) is 12.8 Å². The standard InChI is InChI=1S/C20H17IN4O2S/c21-13-6-7-15-16(12-13)28-19(22-15)24-10-8-20(9-11-24)17(26)25(18(27)23-20)14-4-2-1-3-5-14/h1-7,12H,8-11H2,(H,23,27). The van der Waals surface area contributed by atoms with E-state index in [4.69, 9.17) is 4.98 Å². The molecule has 142 valence electrons. The molecule has 0 saturated carbocycles. The molecule has 0 unspecified atom stereocenters. The van der Waals surface area contributed by atoms with Crippen LogP contribution in [0.5, 0.6) is 0 Å². The Bertz CT molecular complexity index is 1080. The number of anilines is 2. The van der Waals surface area contributed by atoms with Gasteiger partial charge in [-0.3, -0.25) is 4.79 Å². The van der Waals surface area contributed by atoms with Gasteiger partial charge in [0.1, 0.15) is 5.54 Å². The summed E-state index contributed by atoms with van der Waals surface area (Å²) >= 11 is 3.98. The lowest BCUT2D eigenvalue weighted by Gasteiger charge is -2.37. The van der Waals surface area contributed by atoms with Crippen molar-refractivity contribution in [1.82, 2.24) is 10.3 Å². The summed E-state index contributed by atoms with van der Waals surface area (Å²) in [5.74, 6) is -0.151. The zero-order chi connectivity index (χ0) is 19.3. The Labute approximate surface area is 179 Å². The number of thiazole rings is 1. The normalized spacial score (nSPS) is 18.9. The number of nitrogens with zero attached hydrogens (tertiary/aromatic N) is 3. The molecule has 3 heterocycles. The minimum atomic E-state index is -0.810. The maximum absolute atomic E-state index is 13.1. The van der Waals surface area contributed by atoms with Crippen LogP contribution < -0.4 is 15.1 Å². The van der Waals surface area contributed by atoms with Gasteiger partial charge in [-0.05, 0) is 65.8 Å². The number of amides is 3. The number of aromatic nitrogens is 1. The monoisotopic (exact) mass is 504 g/mol. The van der Waals surface area contributed by atoms with E-state index < -0.39 is 5.54 Å². The summed E-state index contributed by atoms with van der Waals surface area (Å²) in [6, 6.07) is 15.0. The highest BCUT2D eigenvalue weighted by Gasteiger charge is 2.53. The summed E-state index contributed by atoms with van der Waals surface area (Å²) < 4.78 is 2.36. The summed E-state index contributed by atoms with van der Waals surface area (Å²) in [7, 11) is 0. The van der Waals surface area contributed by atoms with Crippen LogP contribution in [0.15, 0.2) is 48.5 Å². The van der Waals surface area contributed by atoms with Crippen LogP contribution in [0.2, 0.25) is 0 Å². The first kappa shape index (κ1) is 17.9. The van der Waals surface area contributed by atoms with Crippen molar-refractivity contribution in [2.24, 2.45) is 0 Å². The molecule has 2 fully saturated rings. The predicted molar refractivity (Wildman–Crippen MR) is 119 cm³/mol. The number of carbonyl (C=O) groups excluding carboxylic acids is 2. The van der Waals surface area contributed by atoms with Gasteiger partial charge in [-0.25, -0.2) is 14.7 Å².